The van der Waals surface area contributed by atoms with Crippen molar-refractivity contribution < 1.29 is 4.79 Å². The molecule has 0 unspecified atom stereocenters. The van der Waals surface area contributed by atoms with Crippen molar-refractivity contribution in [3.05, 3.63) is 0 Å². The molecule has 11 heavy (non-hydrogen) atoms. The van der Waals surface area contributed by atoms with Crippen LogP contribution in [0, 0.1) is 0 Å². The van der Waals surface area contributed by atoms with Gasteiger partial charge in [0, 0.05) is 6.92 Å². The quantitative estimate of drug-likeness (QED) is 0.549. The van der Waals surface area contributed by atoms with Gasteiger partial charge in [0.2, 0.25) is 0 Å². The highest BCUT2D eigenvalue weighted by atomic mass is 16.1. The SMILES string of the molecule is CNC1(C(C)=[OH+])CCNCC1. The van der Waals surface area contributed by atoms with Gasteiger partial charge >= 0.3 is 5.78 Å². The van der Waals surface area contributed by atoms with Crippen molar-refractivity contribution in [3.63, 3.8) is 0 Å². The Labute approximate surface area is 67.5 Å². The zero-order chi connectivity index (χ0) is 8.32. The molecule has 3 N–H and O–H groups in total. The molecule has 0 aliphatic carbocycles. The fourth-order valence-electron chi connectivity index (χ4n) is 1.65. The third-order valence-electron chi connectivity index (χ3n) is 2.63. The molecular weight excluding hydrogens is 140 g/mol. The Morgan fingerprint density at radius 2 is 2.00 bits per heavy atom. The van der Waals surface area contributed by atoms with E-state index < -0.39 is 0 Å². The zero-order valence-electron chi connectivity index (χ0n) is 7.28. The normalized spacial score (nSPS) is 23.1. The van der Waals surface area contributed by atoms with Gasteiger partial charge in [-0.3, -0.25) is 4.79 Å². The van der Waals surface area contributed by atoms with Crippen molar-refractivity contribution in [2.45, 2.75) is 25.3 Å². The highest BCUT2D eigenvalue weighted by Crippen LogP contribution is 2.18. The summed E-state index contributed by atoms with van der Waals surface area (Å²) in [5.41, 5.74) is -0.120. The summed E-state index contributed by atoms with van der Waals surface area (Å²) in [6, 6.07) is 0. The number of ketones is 1. The summed E-state index contributed by atoms with van der Waals surface area (Å²) in [5.74, 6) is 0.515. The smallest absolute Gasteiger partial charge is 0.309 e. The van der Waals surface area contributed by atoms with Crippen molar-refractivity contribution in [2.24, 2.45) is 0 Å². The number of rotatable bonds is 2. The molecule has 0 radical (unpaired) electrons. The van der Waals surface area contributed by atoms with Gasteiger partial charge in [0.1, 0.15) is 5.54 Å². The van der Waals surface area contributed by atoms with Crippen molar-refractivity contribution in [1.29, 1.82) is 0 Å². The Morgan fingerprint density at radius 3 is 2.27 bits per heavy atom. The molecule has 1 fully saturated rings. The molecule has 0 atom stereocenters. The first-order valence-corrected chi connectivity index (χ1v) is 4.14. The van der Waals surface area contributed by atoms with E-state index in [1.165, 1.54) is 0 Å². The minimum absolute atomic E-state index is 0.120. The van der Waals surface area contributed by atoms with Crippen LogP contribution < -0.4 is 10.6 Å². The van der Waals surface area contributed by atoms with Gasteiger partial charge in [-0.1, -0.05) is 0 Å². The first kappa shape index (κ1) is 8.68. The van der Waals surface area contributed by atoms with E-state index in [1.54, 1.807) is 6.92 Å². The standard InChI is InChI=1S/C8H16N2O/c1-7(11)8(9-2)3-5-10-6-4-8/h9-10H,3-6H2,1-2H3/p+1. The predicted molar refractivity (Wildman–Crippen MR) is 46.5 cm³/mol. The van der Waals surface area contributed by atoms with Crippen LogP contribution >= 0.6 is 0 Å². The largest absolute Gasteiger partial charge is 0.317 e. The molecule has 1 rings (SSSR count). The van der Waals surface area contributed by atoms with Crippen LogP contribution in [-0.4, -0.2) is 36.3 Å². The first-order chi connectivity index (χ1) is 5.21. The first-order valence-electron chi connectivity index (χ1n) is 4.14. The van der Waals surface area contributed by atoms with E-state index >= 15 is 0 Å². The number of nitrogens with one attached hydrogen (secondary N) is 2. The summed E-state index contributed by atoms with van der Waals surface area (Å²) in [7, 11) is 1.91. The molecule has 0 aromatic rings. The van der Waals surface area contributed by atoms with Gasteiger partial charge in [-0.15, -0.1) is 0 Å². The molecule has 1 aliphatic heterocycles. The second-order valence-electron chi connectivity index (χ2n) is 3.17. The molecule has 64 valence electrons. The van der Waals surface area contributed by atoms with Gasteiger partial charge in [0.05, 0.1) is 0 Å². The number of piperidine rings is 1. The van der Waals surface area contributed by atoms with E-state index in [0.717, 1.165) is 25.9 Å². The van der Waals surface area contributed by atoms with Gasteiger partial charge < -0.3 is 10.6 Å². The predicted octanol–water partition coefficient (Wildman–Crippen LogP) is -0.107. The van der Waals surface area contributed by atoms with E-state index in [2.05, 4.69) is 10.6 Å². The minimum atomic E-state index is -0.120. The third kappa shape index (κ3) is 1.60. The topological polar surface area (TPSA) is 45.5 Å². The van der Waals surface area contributed by atoms with E-state index in [-0.39, 0.29) is 5.54 Å². The monoisotopic (exact) mass is 157 g/mol. The van der Waals surface area contributed by atoms with Crippen molar-refractivity contribution in [2.75, 3.05) is 20.1 Å². The molecule has 0 amide bonds. The fourth-order valence-corrected chi connectivity index (χ4v) is 1.65. The molecule has 0 saturated carbocycles. The Kier molecular flexibility index (Phi) is 2.62. The van der Waals surface area contributed by atoms with Crippen molar-refractivity contribution in [1.82, 2.24) is 10.6 Å². The van der Waals surface area contributed by atoms with Crippen molar-refractivity contribution in [3.8, 4) is 0 Å². The molecular formula is C8H17N2O+. The molecule has 3 heteroatoms. The number of hydrogen-bond acceptors (Lipinski definition) is 2. The van der Waals surface area contributed by atoms with Crippen LogP contribution in [0.25, 0.3) is 0 Å². The van der Waals surface area contributed by atoms with Crippen LogP contribution in [0.15, 0.2) is 0 Å². The summed E-state index contributed by atoms with van der Waals surface area (Å²) in [4.78, 5) is 9.45. The average molecular weight is 157 g/mol. The maximum Gasteiger partial charge on any atom is 0.309 e. The van der Waals surface area contributed by atoms with Gasteiger partial charge in [-0.2, -0.15) is 0 Å². The third-order valence-corrected chi connectivity index (χ3v) is 2.63. The molecule has 1 heterocycles. The molecule has 0 spiro atoms. The maximum absolute atomic E-state index is 9.45. The van der Waals surface area contributed by atoms with E-state index in [9.17, 15) is 4.79 Å². The summed E-state index contributed by atoms with van der Waals surface area (Å²) in [6.07, 6.45) is 1.96. The summed E-state index contributed by atoms with van der Waals surface area (Å²) in [6.45, 7) is 3.75. The van der Waals surface area contributed by atoms with E-state index in [0.29, 0.717) is 5.78 Å². The molecule has 0 bridgehead atoms. The van der Waals surface area contributed by atoms with Crippen LogP contribution in [0.4, 0.5) is 0 Å². The lowest BCUT2D eigenvalue weighted by molar-refractivity contribution is 0.328. The molecule has 1 aliphatic rings. The Bertz CT molecular complexity index is 150. The van der Waals surface area contributed by atoms with Gasteiger partial charge in [0.25, 0.3) is 0 Å². The fraction of sp³-hybridized carbons (Fsp3) is 0.875. The maximum atomic E-state index is 9.45. The van der Waals surface area contributed by atoms with Crippen LogP contribution in [0.5, 0.6) is 0 Å². The Balaban J connectivity index is 2.64. The lowest BCUT2D eigenvalue weighted by Crippen LogP contribution is -2.55. The molecule has 0 aromatic heterocycles. The van der Waals surface area contributed by atoms with Gasteiger partial charge in [0.15, 0.2) is 0 Å². The van der Waals surface area contributed by atoms with Crippen LogP contribution in [-0.2, 0) is 0 Å². The second kappa shape index (κ2) is 3.32. The van der Waals surface area contributed by atoms with Crippen molar-refractivity contribution >= 4 is 5.78 Å². The average Bonchev–Trinajstić information content (AvgIpc) is 2.05. The summed E-state index contributed by atoms with van der Waals surface area (Å²) in [5, 5.41) is 6.45. The van der Waals surface area contributed by atoms with Crippen LogP contribution in [0.3, 0.4) is 0 Å². The number of carbonyl (C=O) groups excluding carboxylic acids is 1. The molecule has 1 saturated heterocycles. The summed E-state index contributed by atoms with van der Waals surface area (Å²) >= 11 is 0. The van der Waals surface area contributed by atoms with Crippen LogP contribution in [0.2, 0.25) is 0 Å². The van der Waals surface area contributed by atoms with Crippen LogP contribution in [0.1, 0.15) is 19.8 Å². The van der Waals surface area contributed by atoms with E-state index in [4.69, 9.17) is 0 Å². The zero-order valence-corrected chi connectivity index (χ0v) is 7.28. The number of likely N-dealkylation sites (N-methyl/N-ethyl adjacent to an activating group) is 1. The Hall–Kier alpha value is -0.410. The van der Waals surface area contributed by atoms with E-state index in [1.807, 2.05) is 7.05 Å². The highest BCUT2D eigenvalue weighted by Gasteiger charge is 2.39. The highest BCUT2D eigenvalue weighted by molar-refractivity contribution is 5.87. The Morgan fingerprint density at radius 1 is 1.45 bits per heavy atom. The van der Waals surface area contributed by atoms with Gasteiger partial charge in [-0.25, -0.2) is 0 Å². The number of hydrogen-bond donors (Lipinski definition) is 2. The second-order valence-corrected chi connectivity index (χ2v) is 3.17. The minimum Gasteiger partial charge on any atom is -0.317 e. The molecule has 0 aromatic carbocycles. The lowest BCUT2D eigenvalue weighted by Gasteiger charge is -2.31. The molecule has 3 nitrogen and oxygen atoms in total. The summed E-state index contributed by atoms with van der Waals surface area (Å²) < 4.78 is 0. The van der Waals surface area contributed by atoms with Gasteiger partial charge in [-0.05, 0) is 33.0 Å². The lowest BCUT2D eigenvalue weighted by atomic mass is 9.85.